The van der Waals surface area contributed by atoms with Crippen LogP contribution >= 0.6 is 0 Å². The molecule has 1 unspecified atom stereocenters. The van der Waals surface area contributed by atoms with E-state index in [0.29, 0.717) is 19.0 Å². The maximum absolute atomic E-state index is 11.9. The zero-order valence-corrected chi connectivity index (χ0v) is 10.3. The number of hydroxylamine groups is 1. The zero-order chi connectivity index (χ0) is 12.3. The van der Waals surface area contributed by atoms with Gasteiger partial charge in [0, 0.05) is 19.0 Å². The number of nitrogens with zero attached hydrogens (tertiary/aromatic N) is 1. The Morgan fingerprint density at radius 1 is 1.35 bits per heavy atom. The molecule has 1 saturated carbocycles. The van der Waals surface area contributed by atoms with Gasteiger partial charge in [-0.1, -0.05) is 19.3 Å². The molecule has 5 heteroatoms. The van der Waals surface area contributed by atoms with Crippen molar-refractivity contribution in [3.8, 4) is 0 Å². The van der Waals surface area contributed by atoms with Gasteiger partial charge in [0.15, 0.2) is 0 Å². The van der Waals surface area contributed by atoms with Crippen LogP contribution in [0.1, 0.15) is 38.5 Å². The van der Waals surface area contributed by atoms with E-state index in [1.165, 1.54) is 26.4 Å². The van der Waals surface area contributed by atoms with Gasteiger partial charge in [0.1, 0.15) is 0 Å². The minimum Gasteiger partial charge on any atom is -0.339 e. The van der Waals surface area contributed by atoms with E-state index in [1.807, 2.05) is 4.90 Å². The second-order valence-corrected chi connectivity index (χ2v) is 4.91. The van der Waals surface area contributed by atoms with E-state index in [0.717, 1.165) is 12.8 Å². The largest absolute Gasteiger partial charge is 0.339 e. The summed E-state index contributed by atoms with van der Waals surface area (Å²) in [5.74, 6) is -0.309. The second-order valence-electron chi connectivity index (χ2n) is 4.91. The molecule has 0 aromatic carbocycles. The van der Waals surface area contributed by atoms with Crippen LogP contribution in [0.4, 0.5) is 0 Å². The molecule has 1 N–H and O–H groups in total. The van der Waals surface area contributed by atoms with Crippen molar-refractivity contribution in [3.63, 3.8) is 0 Å². The molecule has 2 aliphatic rings. The highest BCUT2D eigenvalue weighted by molar-refractivity contribution is 5.88. The number of nitrogens with one attached hydrogen (secondary N) is 1. The predicted octanol–water partition coefficient (Wildman–Crippen LogP) is 0.845. The molecule has 1 heterocycles. The number of hydrogen-bond acceptors (Lipinski definition) is 3. The third-order valence-electron chi connectivity index (χ3n) is 3.75. The lowest BCUT2D eigenvalue weighted by Gasteiger charge is -2.31. The van der Waals surface area contributed by atoms with Gasteiger partial charge >= 0.3 is 0 Å². The van der Waals surface area contributed by atoms with E-state index in [1.54, 1.807) is 0 Å². The van der Waals surface area contributed by atoms with E-state index in [2.05, 4.69) is 10.3 Å². The first-order valence-electron chi connectivity index (χ1n) is 6.34. The van der Waals surface area contributed by atoms with Gasteiger partial charge in [-0.25, -0.2) is 5.48 Å². The summed E-state index contributed by atoms with van der Waals surface area (Å²) in [6.07, 6.45) is 6.17. The number of rotatable bonds is 3. The third kappa shape index (κ3) is 2.77. The Balaban J connectivity index is 1.92. The molecule has 1 aliphatic heterocycles. The van der Waals surface area contributed by atoms with Crippen LogP contribution in [0.3, 0.4) is 0 Å². The van der Waals surface area contributed by atoms with Gasteiger partial charge in [0.25, 0.3) is 0 Å². The van der Waals surface area contributed by atoms with Gasteiger partial charge in [-0.3, -0.25) is 14.4 Å². The molecule has 0 radical (unpaired) electrons. The normalized spacial score (nSPS) is 26.3. The number of carbonyl (C=O) groups excluding carboxylic acids is 2. The summed E-state index contributed by atoms with van der Waals surface area (Å²) in [4.78, 5) is 30.0. The fraction of sp³-hybridized carbons (Fsp3) is 0.833. The zero-order valence-electron chi connectivity index (χ0n) is 10.3. The van der Waals surface area contributed by atoms with Crippen molar-refractivity contribution in [1.82, 2.24) is 10.4 Å². The van der Waals surface area contributed by atoms with Crippen LogP contribution < -0.4 is 5.48 Å². The van der Waals surface area contributed by atoms with Gasteiger partial charge in [0.2, 0.25) is 11.8 Å². The molecule has 0 bridgehead atoms. The highest BCUT2D eigenvalue weighted by Gasteiger charge is 2.38. The Hall–Kier alpha value is -1.10. The van der Waals surface area contributed by atoms with Crippen LogP contribution in [-0.4, -0.2) is 36.4 Å². The predicted molar refractivity (Wildman–Crippen MR) is 61.8 cm³/mol. The number of carbonyl (C=O) groups is 2. The van der Waals surface area contributed by atoms with Crippen LogP contribution in [0.15, 0.2) is 0 Å². The number of likely N-dealkylation sites (tertiary alicyclic amines) is 1. The van der Waals surface area contributed by atoms with Crippen LogP contribution in [0.25, 0.3) is 0 Å². The molecule has 96 valence electrons. The average Bonchev–Trinajstić information content (AvgIpc) is 2.73. The fourth-order valence-electron chi connectivity index (χ4n) is 2.84. The summed E-state index contributed by atoms with van der Waals surface area (Å²) in [6, 6.07) is 0.358. The van der Waals surface area contributed by atoms with Crippen LogP contribution in [0.5, 0.6) is 0 Å². The monoisotopic (exact) mass is 240 g/mol. The van der Waals surface area contributed by atoms with Crippen LogP contribution in [0.2, 0.25) is 0 Å². The summed E-state index contributed by atoms with van der Waals surface area (Å²) in [5.41, 5.74) is 2.31. The number of amides is 2. The van der Waals surface area contributed by atoms with Gasteiger partial charge in [-0.15, -0.1) is 0 Å². The molecule has 1 aliphatic carbocycles. The summed E-state index contributed by atoms with van der Waals surface area (Å²) in [7, 11) is 1.41. The Morgan fingerprint density at radius 3 is 2.71 bits per heavy atom. The molecule has 2 fully saturated rings. The molecule has 0 spiro atoms. The van der Waals surface area contributed by atoms with Crippen molar-refractivity contribution < 1.29 is 14.4 Å². The first kappa shape index (κ1) is 12.4. The SMILES string of the molecule is CONC(=O)C1CC(=O)N(C2CCCCC2)C1. The Labute approximate surface area is 101 Å². The second kappa shape index (κ2) is 5.49. The Morgan fingerprint density at radius 2 is 2.06 bits per heavy atom. The topological polar surface area (TPSA) is 58.6 Å². The van der Waals surface area contributed by atoms with Crippen molar-refractivity contribution in [2.24, 2.45) is 5.92 Å². The van der Waals surface area contributed by atoms with Gasteiger partial charge in [-0.2, -0.15) is 0 Å². The van der Waals surface area contributed by atoms with Crippen LogP contribution in [0, 0.1) is 5.92 Å². The van der Waals surface area contributed by atoms with Crippen molar-refractivity contribution in [2.45, 2.75) is 44.6 Å². The molecule has 17 heavy (non-hydrogen) atoms. The van der Waals surface area contributed by atoms with Gasteiger partial charge in [0.05, 0.1) is 13.0 Å². The highest BCUT2D eigenvalue weighted by atomic mass is 16.6. The molecule has 0 aromatic heterocycles. The Bertz CT molecular complexity index is 300. The maximum atomic E-state index is 11.9. The van der Waals surface area contributed by atoms with E-state index in [-0.39, 0.29) is 17.7 Å². The highest BCUT2D eigenvalue weighted by Crippen LogP contribution is 2.28. The van der Waals surface area contributed by atoms with E-state index < -0.39 is 0 Å². The molecule has 1 saturated heterocycles. The fourth-order valence-corrected chi connectivity index (χ4v) is 2.84. The van der Waals surface area contributed by atoms with E-state index >= 15 is 0 Å². The summed E-state index contributed by atoms with van der Waals surface area (Å²) >= 11 is 0. The summed E-state index contributed by atoms with van der Waals surface area (Å²) in [6.45, 7) is 0.554. The van der Waals surface area contributed by atoms with Crippen molar-refractivity contribution in [2.75, 3.05) is 13.7 Å². The maximum Gasteiger partial charge on any atom is 0.248 e. The minimum atomic E-state index is -0.246. The van der Waals surface area contributed by atoms with Gasteiger partial charge < -0.3 is 4.90 Å². The van der Waals surface area contributed by atoms with E-state index in [9.17, 15) is 9.59 Å². The summed E-state index contributed by atoms with van der Waals surface area (Å²) in [5, 5.41) is 0. The summed E-state index contributed by atoms with van der Waals surface area (Å²) < 4.78 is 0. The van der Waals surface area contributed by atoms with Gasteiger partial charge in [-0.05, 0) is 12.8 Å². The average molecular weight is 240 g/mol. The van der Waals surface area contributed by atoms with Crippen molar-refractivity contribution >= 4 is 11.8 Å². The lowest BCUT2D eigenvalue weighted by molar-refractivity contribution is -0.135. The molecule has 0 aromatic rings. The lowest BCUT2D eigenvalue weighted by atomic mass is 9.94. The van der Waals surface area contributed by atoms with Crippen LogP contribution in [-0.2, 0) is 14.4 Å². The first-order chi connectivity index (χ1) is 8.22. The third-order valence-corrected chi connectivity index (χ3v) is 3.75. The smallest absolute Gasteiger partial charge is 0.248 e. The quantitative estimate of drug-likeness (QED) is 0.744. The Kier molecular flexibility index (Phi) is 3.99. The number of hydrogen-bond donors (Lipinski definition) is 1. The molecule has 1 atom stereocenters. The molecular formula is C12H20N2O3. The minimum absolute atomic E-state index is 0.119. The van der Waals surface area contributed by atoms with E-state index in [4.69, 9.17) is 0 Å². The van der Waals surface area contributed by atoms with Crippen molar-refractivity contribution in [1.29, 1.82) is 0 Å². The molecule has 5 nitrogen and oxygen atoms in total. The molecular weight excluding hydrogens is 220 g/mol. The molecule has 2 amide bonds. The lowest BCUT2D eigenvalue weighted by Crippen LogP contribution is -2.39. The van der Waals surface area contributed by atoms with Crippen molar-refractivity contribution in [3.05, 3.63) is 0 Å². The molecule has 2 rings (SSSR count). The standard InChI is InChI=1S/C12H20N2O3/c1-17-13-12(16)9-7-11(15)14(8-9)10-5-3-2-4-6-10/h9-10H,2-8H2,1H3,(H,13,16). The first-order valence-corrected chi connectivity index (χ1v) is 6.34.